The SMILES string of the molecule is N#CC1(c2nc3ccccc3[nH]2)CC1c1cccs1. The summed E-state index contributed by atoms with van der Waals surface area (Å²) in [7, 11) is 0. The third-order valence-corrected chi connectivity index (χ3v) is 4.84. The molecule has 0 bridgehead atoms. The molecular weight excluding hydrogens is 254 g/mol. The van der Waals surface area contributed by atoms with Gasteiger partial charge in [-0.2, -0.15) is 5.26 Å². The van der Waals surface area contributed by atoms with E-state index in [0.717, 1.165) is 23.3 Å². The van der Waals surface area contributed by atoms with Gasteiger partial charge in [0.05, 0.1) is 17.1 Å². The third-order valence-electron chi connectivity index (χ3n) is 3.86. The monoisotopic (exact) mass is 265 g/mol. The Balaban J connectivity index is 1.81. The van der Waals surface area contributed by atoms with E-state index in [1.165, 1.54) is 4.88 Å². The summed E-state index contributed by atoms with van der Waals surface area (Å²) < 4.78 is 0. The van der Waals surface area contributed by atoms with Crippen molar-refractivity contribution >= 4 is 22.4 Å². The van der Waals surface area contributed by atoms with Crippen LogP contribution in [0.4, 0.5) is 0 Å². The van der Waals surface area contributed by atoms with Crippen molar-refractivity contribution in [2.75, 3.05) is 0 Å². The van der Waals surface area contributed by atoms with E-state index in [1.807, 2.05) is 30.3 Å². The molecule has 0 radical (unpaired) electrons. The summed E-state index contributed by atoms with van der Waals surface area (Å²) in [5.41, 5.74) is 1.48. The largest absolute Gasteiger partial charge is 0.341 e. The van der Waals surface area contributed by atoms with E-state index >= 15 is 0 Å². The molecule has 0 aliphatic heterocycles. The Labute approximate surface area is 114 Å². The van der Waals surface area contributed by atoms with Gasteiger partial charge < -0.3 is 4.98 Å². The van der Waals surface area contributed by atoms with Crippen LogP contribution in [0.25, 0.3) is 11.0 Å². The third kappa shape index (κ3) is 1.45. The molecule has 0 spiro atoms. The highest BCUT2D eigenvalue weighted by Crippen LogP contribution is 2.60. The van der Waals surface area contributed by atoms with Crippen molar-refractivity contribution in [3.8, 4) is 6.07 Å². The molecule has 2 unspecified atom stereocenters. The molecule has 0 saturated heterocycles. The summed E-state index contributed by atoms with van der Waals surface area (Å²) >= 11 is 1.72. The number of imidazole rings is 1. The highest BCUT2D eigenvalue weighted by Gasteiger charge is 2.59. The van der Waals surface area contributed by atoms with Gasteiger partial charge in [-0.25, -0.2) is 4.98 Å². The van der Waals surface area contributed by atoms with Crippen LogP contribution in [0.2, 0.25) is 0 Å². The number of nitriles is 1. The van der Waals surface area contributed by atoms with E-state index < -0.39 is 5.41 Å². The van der Waals surface area contributed by atoms with Gasteiger partial charge in [-0.3, -0.25) is 0 Å². The van der Waals surface area contributed by atoms with E-state index in [1.54, 1.807) is 11.3 Å². The summed E-state index contributed by atoms with van der Waals surface area (Å²) in [6.07, 6.45) is 0.865. The van der Waals surface area contributed by atoms with E-state index in [2.05, 4.69) is 27.5 Å². The first-order valence-corrected chi connectivity index (χ1v) is 7.11. The number of aromatic nitrogens is 2. The molecule has 92 valence electrons. The zero-order valence-electron chi connectivity index (χ0n) is 10.1. The van der Waals surface area contributed by atoms with E-state index in [0.29, 0.717) is 0 Å². The molecule has 0 amide bonds. The van der Waals surface area contributed by atoms with Gasteiger partial charge in [0.15, 0.2) is 0 Å². The van der Waals surface area contributed by atoms with Gasteiger partial charge in [0, 0.05) is 10.8 Å². The van der Waals surface area contributed by atoms with E-state index in [9.17, 15) is 5.26 Å². The van der Waals surface area contributed by atoms with Crippen molar-refractivity contribution in [1.29, 1.82) is 5.26 Å². The standard InChI is InChI=1S/C15H11N3S/c16-9-15(8-10(15)13-6-3-7-19-13)14-17-11-4-1-2-5-12(11)18-14/h1-7,10H,8H2,(H,17,18). The Bertz CT molecular complexity index is 748. The quantitative estimate of drug-likeness (QED) is 0.770. The second kappa shape index (κ2) is 3.69. The number of thiophene rings is 1. The van der Waals surface area contributed by atoms with Crippen LogP contribution in [-0.2, 0) is 5.41 Å². The highest BCUT2D eigenvalue weighted by molar-refractivity contribution is 7.10. The first-order valence-electron chi connectivity index (χ1n) is 6.23. The number of para-hydroxylation sites is 2. The van der Waals surface area contributed by atoms with Crippen LogP contribution in [0, 0.1) is 11.3 Å². The predicted molar refractivity (Wildman–Crippen MR) is 75.1 cm³/mol. The maximum Gasteiger partial charge on any atom is 0.128 e. The number of nitrogens with one attached hydrogen (secondary N) is 1. The van der Waals surface area contributed by atoms with Gasteiger partial charge in [-0.1, -0.05) is 18.2 Å². The highest BCUT2D eigenvalue weighted by atomic mass is 32.1. The maximum absolute atomic E-state index is 9.60. The Morgan fingerprint density at radius 1 is 1.32 bits per heavy atom. The average molecular weight is 265 g/mol. The Morgan fingerprint density at radius 3 is 2.95 bits per heavy atom. The molecule has 1 aliphatic carbocycles. The molecule has 4 heteroatoms. The summed E-state index contributed by atoms with van der Waals surface area (Å²) in [6, 6.07) is 14.6. The lowest BCUT2D eigenvalue weighted by Crippen LogP contribution is -2.08. The number of fused-ring (bicyclic) bond motifs is 1. The lowest BCUT2D eigenvalue weighted by Gasteiger charge is -2.03. The summed E-state index contributed by atoms with van der Waals surface area (Å²) in [5.74, 6) is 1.10. The van der Waals surface area contributed by atoms with Crippen molar-refractivity contribution in [3.63, 3.8) is 0 Å². The molecular formula is C15H11N3S. The predicted octanol–water partition coefficient (Wildman–Crippen LogP) is 3.57. The van der Waals surface area contributed by atoms with Gasteiger partial charge >= 0.3 is 0 Å². The van der Waals surface area contributed by atoms with Crippen LogP contribution in [0.3, 0.4) is 0 Å². The van der Waals surface area contributed by atoms with Crippen molar-refractivity contribution < 1.29 is 0 Å². The first-order chi connectivity index (χ1) is 9.33. The molecule has 2 atom stereocenters. The van der Waals surface area contributed by atoms with Gasteiger partial charge in [-0.15, -0.1) is 11.3 Å². The van der Waals surface area contributed by atoms with Crippen molar-refractivity contribution in [1.82, 2.24) is 9.97 Å². The molecule has 1 fully saturated rings. The number of rotatable bonds is 2. The topological polar surface area (TPSA) is 52.5 Å². The molecule has 19 heavy (non-hydrogen) atoms. The van der Waals surface area contributed by atoms with Crippen LogP contribution in [-0.4, -0.2) is 9.97 Å². The number of hydrogen-bond acceptors (Lipinski definition) is 3. The molecule has 2 heterocycles. The lowest BCUT2D eigenvalue weighted by molar-refractivity contribution is 0.795. The summed E-state index contributed by atoms with van der Waals surface area (Å²) in [5, 5.41) is 11.7. The van der Waals surface area contributed by atoms with Gasteiger partial charge in [0.1, 0.15) is 11.2 Å². The minimum atomic E-state index is -0.454. The van der Waals surface area contributed by atoms with E-state index in [-0.39, 0.29) is 5.92 Å². The van der Waals surface area contributed by atoms with Crippen LogP contribution >= 0.6 is 11.3 Å². The second-order valence-electron chi connectivity index (χ2n) is 4.96. The summed E-state index contributed by atoms with van der Waals surface area (Å²) in [4.78, 5) is 9.20. The van der Waals surface area contributed by atoms with Crippen molar-refractivity contribution in [2.24, 2.45) is 0 Å². The second-order valence-corrected chi connectivity index (χ2v) is 5.94. The number of nitrogens with zero attached hydrogens (tertiary/aromatic N) is 2. The molecule has 1 N–H and O–H groups in total. The molecule has 3 nitrogen and oxygen atoms in total. The number of H-pyrrole nitrogens is 1. The smallest absolute Gasteiger partial charge is 0.128 e. The normalized spacial score (nSPS) is 25.3. The minimum Gasteiger partial charge on any atom is -0.341 e. The van der Waals surface area contributed by atoms with Crippen LogP contribution in [0.5, 0.6) is 0 Å². The Morgan fingerprint density at radius 2 is 2.21 bits per heavy atom. The molecule has 1 aromatic carbocycles. The Kier molecular flexibility index (Phi) is 2.09. The van der Waals surface area contributed by atoms with Crippen LogP contribution < -0.4 is 0 Å². The zero-order valence-corrected chi connectivity index (χ0v) is 10.9. The fourth-order valence-electron chi connectivity index (χ4n) is 2.70. The van der Waals surface area contributed by atoms with Gasteiger partial charge in [-0.05, 0) is 30.0 Å². The molecule has 2 aromatic heterocycles. The van der Waals surface area contributed by atoms with Gasteiger partial charge in [0.2, 0.25) is 0 Å². The first kappa shape index (κ1) is 10.8. The lowest BCUT2D eigenvalue weighted by atomic mass is 10.0. The summed E-state index contributed by atoms with van der Waals surface area (Å²) in [6.45, 7) is 0. The number of hydrogen-bond donors (Lipinski definition) is 1. The molecule has 1 saturated carbocycles. The molecule has 4 rings (SSSR count). The zero-order chi connectivity index (χ0) is 12.9. The maximum atomic E-state index is 9.60. The Hall–Kier alpha value is -2.12. The fraction of sp³-hybridized carbons (Fsp3) is 0.200. The fourth-order valence-corrected chi connectivity index (χ4v) is 3.62. The van der Waals surface area contributed by atoms with E-state index in [4.69, 9.17) is 0 Å². The number of aromatic amines is 1. The number of benzene rings is 1. The van der Waals surface area contributed by atoms with Gasteiger partial charge in [0.25, 0.3) is 0 Å². The van der Waals surface area contributed by atoms with Crippen LogP contribution in [0.15, 0.2) is 41.8 Å². The molecule has 3 aromatic rings. The van der Waals surface area contributed by atoms with Crippen molar-refractivity contribution in [3.05, 3.63) is 52.5 Å². The minimum absolute atomic E-state index is 0.290. The average Bonchev–Trinajstić information content (AvgIpc) is 2.85. The molecule has 1 aliphatic rings. The van der Waals surface area contributed by atoms with Crippen LogP contribution in [0.1, 0.15) is 23.0 Å². The van der Waals surface area contributed by atoms with Crippen molar-refractivity contribution in [2.45, 2.75) is 17.8 Å².